The van der Waals surface area contributed by atoms with Gasteiger partial charge in [-0.25, -0.2) is 0 Å². The topological polar surface area (TPSA) is 124 Å². The highest BCUT2D eigenvalue weighted by molar-refractivity contribution is 6.38. The van der Waals surface area contributed by atoms with Crippen molar-refractivity contribution in [3.05, 3.63) is 36.6 Å². The van der Waals surface area contributed by atoms with Gasteiger partial charge in [-0.3, -0.25) is 9.59 Å². The molecule has 0 aromatic rings. The Morgan fingerprint density at radius 3 is 2.50 bits per heavy atom. The van der Waals surface area contributed by atoms with Crippen molar-refractivity contribution in [2.24, 2.45) is 11.8 Å². The Bertz CT molecular complexity index is 1010. The van der Waals surface area contributed by atoms with Crippen LogP contribution in [0.4, 0.5) is 0 Å². The molecule has 10 nitrogen and oxygen atoms in total. The summed E-state index contributed by atoms with van der Waals surface area (Å²) in [5.41, 5.74) is 1.06. The normalized spacial score (nSPS) is 33.8. The summed E-state index contributed by atoms with van der Waals surface area (Å²) >= 11 is 0. The summed E-state index contributed by atoms with van der Waals surface area (Å²) in [6.07, 6.45) is 9.38. The summed E-state index contributed by atoms with van der Waals surface area (Å²) < 4.78 is 28.6. The quantitative estimate of drug-likeness (QED) is 0.120. The van der Waals surface area contributed by atoms with Gasteiger partial charge in [0.1, 0.15) is 18.0 Å². The molecular formula is C34H55NO9. The third-order valence-electron chi connectivity index (χ3n) is 9.56. The van der Waals surface area contributed by atoms with Crippen molar-refractivity contribution < 1.29 is 43.5 Å². The lowest BCUT2D eigenvalue weighted by molar-refractivity contribution is -0.291. The lowest BCUT2D eigenvalue weighted by Gasteiger charge is -2.45. The van der Waals surface area contributed by atoms with Gasteiger partial charge in [-0.15, -0.1) is 6.58 Å². The van der Waals surface area contributed by atoms with E-state index in [0.29, 0.717) is 31.6 Å². The maximum atomic E-state index is 13.8. The van der Waals surface area contributed by atoms with Crippen LogP contribution in [-0.2, 0) is 33.3 Å². The van der Waals surface area contributed by atoms with Gasteiger partial charge in [-0.1, -0.05) is 25.7 Å². The second-order valence-corrected chi connectivity index (χ2v) is 12.7. The molecule has 0 aromatic carbocycles. The molecule has 3 fully saturated rings. The van der Waals surface area contributed by atoms with Crippen LogP contribution in [0.3, 0.4) is 0 Å². The van der Waals surface area contributed by atoms with E-state index < -0.39 is 41.6 Å². The van der Waals surface area contributed by atoms with Gasteiger partial charge in [0, 0.05) is 33.8 Å². The Balaban J connectivity index is 1.77. The molecule has 1 saturated carbocycles. The fourth-order valence-corrected chi connectivity index (χ4v) is 6.82. The minimum Gasteiger partial charge on any atom is -0.489 e. The predicted molar refractivity (Wildman–Crippen MR) is 167 cm³/mol. The minimum atomic E-state index is -2.29. The second kappa shape index (κ2) is 17.0. The zero-order chi connectivity index (χ0) is 32.4. The first-order chi connectivity index (χ1) is 21.0. The van der Waals surface area contributed by atoms with Crippen LogP contribution in [0, 0.1) is 11.8 Å². The second-order valence-electron chi connectivity index (χ2n) is 12.7. The van der Waals surface area contributed by atoms with Gasteiger partial charge < -0.3 is 38.8 Å². The van der Waals surface area contributed by atoms with Gasteiger partial charge in [0.2, 0.25) is 5.79 Å². The van der Waals surface area contributed by atoms with Crippen LogP contribution in [0.2, 0.25) is 0 Å². The Kier molecular flexibility index (Phi) is 14.1. The highest BCUT2D eigenvalue weighted by Crippen LogP contribution is 2.36. The van der Waals surface area contributed by atoms with Crippen molar-refractivity contribution >= 4 is 11.7 Å². The van der Waals surface area contributed by atoms with Crippen LogP contribution in [-0.4, -0.2) is 104 Å². The molecule has 1 aliphatic carbocycles. The average Bonchev–Trinajstić information content (AvgIpc) is 3.02. The van der Waals surface area contributed by atoms with Gasteiger partial charge in [-0.2, -0.15) is 0 Å². The molecule has 250 valence electrons. The van der Waals surface area contributed by atoms with Crippen LogP contribution in [0.15, 0.2) is 36.6 Å². The van der Waals surface area contributed by atoms with Crippen molar-refractivity contribution in [2.75, 3.05) is 34.5 Å². The summed E-state index contributed by atoms with van der Waals surface area (Å²) in [5.74, 6) is -4.07. The number of allylic oxidation sites excluding steroid dienone is 2. The first kappa shape index (κ1) is 36.4. The standard InChI is InChI=1S/C34H55NO9/c1-8-9-10-14-28(22(2)18-25-15-16-27(36)29(20-25)41-6)43-24(4)26-13-11-12-17-35(26)33(38)32(37)34(39)23(3)19-30(42-7)31(44-34)21-40-5/h8,18,23,25-31,36,39H,1,4,9-17,19-21H2,2-3,5-7H3/b22-18+/t23-,25+,26+,27?,28?,29?,30?,31?,34?/m1/s1. The average molecular weight is 622 g/mol. The number of amides is 1. The van der Waals surface area contributed by atoms with Crippen LogP contribution in [0.1, 0.15) is 78.1 Å². The lowest BCUT2D eigenvalue weighted by Crippen LogP contribution is -2.62. The maximum absolute atomic E-state index is 13.8. The number of piperidine rings is 1. The van der Waals surface area contributed by atoms with Crippen LogP contribution < -0.4 is 0 Å². The monoisotopic (exact) mass is 621 g/mol. The van der Waals surface area contributed by atoms with Crippen molar-refractivity contribution in [3.63, 3.8) is 0 Å². The molecule has 0 aromatic heterocycles. The Morgan fingerprint density at radius 1 is 1.11 bits per heavy atom. The number of aliphatic hydroxyl groups is 2. The SMILES string of the molecule is C=CCCCC(OC(=C)[C@@H]1CCCCN1C(=O)C(=O)C1(O)OC(COC)C(OC)C[C@H]1C)/C(C)=C/[C@@H]1CCC(O)C(OC)C1. The molecule has 3 aliphatic rings. The van der Waals surface area contributed by atoms with E-state index in [1.165, 1.54) is 12.0 Å². The molecule has 3 rings (SSSR count). The summed E-state index contributed by atoms with van der Waals surface area (Å²) in [4.78, 5) is 28.9. The number of rotatable bonds is 15. The fraction of sp³-hybridized carbons (Fsp3) is 0.765. The first-order valence-corrected chi connectivity index (χ1v) is 16.1. The zero-order valence-electron chi connectivity index (χ0n) is 27.4. The minimum absolute atomic E-state index is 0.111. The fourth-order valence-electron chi connectivity index (χ4n) is 6.82. The third kappa shape index (κ3) is 8.79. The number of aliphatic hydroxyl groups excluding tert-OH is 1. The number of Topliss-reactive ketones (excluding diaryl/α,β-unsaturated/α-hetero) is 1. The summed E-state index contributed by atoms with van der Waals surface area (Å²) in [6, 6.07) is -0.512. The lowest BCUT2D eigenvalue weighted by atomic mass is 9.83. The predicted octanol–water partition coefficient (Wildman–Crippen LogP) is 4.09. The van der Waals surface area contributed by atoms with Gasteiger partial charge in [0.25, 0.3) is 11.7 Å². The van der Waals surface area contributed by atoms with Gasteiger partial charge >= 0.3 is 0 Å². The largest absolute Gasteiger partial charge is 0.489 e. The molecule has 44 heavy (non-hydrogen) atoms. The van der Waals surface area contributed by atoms with Gasteiger partial charge in [0.15, 0.2) is 0 Å². The van der Waals surface area contributed by atoms with Crippen molar-refractivity contribution in [3.8, 4) is 0 Å². The molecule has 0 bridgehead atoms. The first-order valence-electron chi connectivity index (χ1n) is 16.1. The van der Waals surface area contributed by atoms with E-state index in [1.54, 1.807) is 21.1 Å². The molecule has 2 heterocycles. The van der Waals surface area contributed by atoms with Crippen LogP contribution in [0.5, 0.6) is 0 Å². The molecule has 9 atom stereocenters. The maximum Gasteiger partial charge on any atom is 0.296 e. The highest BCUT2D eigenvalue weighted by Gasteiger charge is 2.54. The number of nitrogens with zero attached hydrogens (tertiary/aromatic N) is 1. The van der Waals surface area contributed by atoms with Crippen molar-refractivity contribution in [1.29, 1.82) is 0 Å². The van der Waals surface area contributed by atoms with E-state index >= 15 is 0 Å². The van der Waals surface area contributed by atoms with E-state index in [9.17, 15) is 19.8 Å². The number of hydrogen-bond donors (Lipinski definition) is 2. The number of carbonyl (C=O) groups is 2. The van der Waals surface area contributed by atoms with E-state index in [0.717, 1.165) is 50.5 Å². The van der Waals surface area contributed by atoms with Crippen LogP contribution >= 0.6 is 0 Å². The third-order valence-corrected chi connectivity index (χ3v) is 9.56. The number of carbonyl (C=O) groups excluding carboxylic acids is 2. The number of methoxy groups -OCH3 is 3. The number of ketones is 1. The molecule has 1 amide bonds. The molecule has 2 saturated heterocycles. The van der Waals surface area contributed by atoms with Gasteiger partial charge in [0.05, 0.1) is 31.0 Å². The molecule has 10 heteroatoms. The number of hydrogen-bond acceptors (Lipinski definition) is 9. The molecule has 2 N–H and O–H groups in total. The highest BCUT2D eigenvalue weighted by atomic mass is 16.7. The molecule has 6 unspecified atom stereocenters. The Hall–Kier alpha value is -2.08. The molecule has 0 spiro atoms. The van der Waals surface area contributed by atoms with E-state index in [4.69, 9.17) is 23.7 Å². The molecule has 2 aliphatic heterocycles. The summed E-state index contributed by atoms with van der Waals surface area (Å²) in [5, 5.41) is 21.7. The number of likely N-dealkylation sites (tertiary alicyclic amines) is 1. The van der Waals surface area contributed by atoms with E-state index in [2.05, 4.69) is 19.2 Å². The Labute approximate surface area is 263 Å². The van der Waals surface area contributed by atoms with Crippen molar-refractivity contribution in [1.82, 2.24) is 4.90 Å². The van der Waals surface area contributed by atoms with E-state index in [-0.39, 0.29) is 30.8 Å². The Morgan fingerprint density at radius 2 is 1.84 bits per heavy atom. The van der Waals surface area contributed by atoms with Gasteiger partial charge in [-0.05, 0) is 82.6 Å². The zero-order valence-corrected chi connectivity index (χ0v) is 27.4. The number of unbranched alkanes of at least 4 members (excludes halogenated alkanes) is 1. The summed E-state index contributed by atoms with van der Waals surface area (Å²) in [6.45, 7) is 12.3. The smallest absolute Gasteiger partial charge is 0.296 e. The molecule has 0 radical (unpaired) electrons. The van der Waals surface area contributed by atoms with Crippen molar-refractivity contribution in [2.45, 2.75) is 120 Å². The summed E-state index contributed by atoms with van der Waals surface area (Å²) in [7, 11) is 4.68. The van der Waals surface area contributed by atoms with E-state index in [1.807, 2.05) is 13.0 Å². The number of ether oxygens (including phenoxy) is 5. The molecular weight excluding hydrogens is 566 g/mol. The van der Waals surface area contributed by atoms with Crippen LogP contribution in [0.25, 0.3) is 0 Å².